The highest BCUT2D eigenvalue weighted by Crippen LogP contribution is 2.46. The summed E-state index contributed by atoms with van der Waals surface area (Å²) in [5.41, 5.74) is 2.88. The van der Waals surface area contributed by atoms with Gasteiger partial charge in [0.25, 0.3) is 0 Å². The highest BCUT2D eigenvalue weighted by atomic mass is 16.5. The molecular formula is C23H34N10O. The van der Waals surface area contributed by atoms with Gasteiger partial charge in [-0.2, -0.15) is 10.1 Å². The van der Waals surface area contributed by atoms with Crippen LogP contribution in [0.3, 0.4) is 0 Å². The van der Waals surface area contributed by atoms with Crippen LogP contribution in [0.25, 0.3) is 11.2 Å². The monoisotopic (exact) mass is 466 g/mol. The molecule has 11 nitrogen and oxygen atoms in total. The molecule has 2 unspecified atom stereocenters. The van der Waals surface area contributed by atoms with Crippen molar-refractivity contribution in [3.05, 3.63) is 17.3 Å². The van der Waals surface area contributed by atoms with Crippen LogP contribution >= 0.6 is 0 Å². The van der Waals surface area contributed by atoms with Gasteiger partial charge in [0.1, 0.15) is 17.9 Å². The molecule has 2 aliphatic carbocycles. The number of allylic oxidation sites excluding steroid dienone is 2. The number of anilines is 2. The highest BCUT2D eigenvalue weighted by Gasteiger charge is 2.42. The minimum Gasteiger partial charge on any atom is -0.494 e. The molecule has 0 radical (unpaired) electrons. The van der Waals surface area contributed by atoms with E-state index in [1.165, 1.54) is 30.0 Å². The number of amidine groups is 1. The van der Waals surface area contributed by atoms with E-state index >= 15 is 0 Å². The fourth-order valence-corrected chi connectivity index (χ4v) is 5.90. The smallest absolute Gasteiger partial charge is 0.212 e. The standard InChI is InChI=1S/C23H34N10O/c1-12-7-8-15-11-33-17-19(26-13(2)14-5-4-6-14)27-21(22(30-24)31(3)25)28-20(17)29-23(33)32-9-10-34-18(12)16(15)32/h12-15H,4-11,24-25H2,1-3H3,(H,26,27,28)/b30-22-/t12-,13?,15?/m1/s1. The zero-order valence-corrected chi connectivity index (χ0v) is 20.2. The Morgan fingerprint density at radius 3 is 2.76 bits per heavy atom. The number of fused-ring (bicyclic) bond motifs is 4. The summed E-state index contributed by atoms with van der Waals surface area (Å²) in [4.78, 5) is 17.0. The summed E-state index contributed by atoms with van der Waals surface area (Å²) >= 11 is 0. The molecule has 0 aromatic carbocycles. The van der Waals surface area contributed by atoms with Crippen LogP contribution in [0.15, 0.2) is 16.6 Å². The van der Waals surface area contributed by atoms with Gasteiger partial charge in [-0.05, 0) is 38.5 Å². The second kappa shape index (κ2) is 8.00. The zero-order valence-electron chi connectivity index (χ0n) is 20.2. The Kier molecular flexibility index (Phi) is 5.05. The number of hydrazine groups is 1. The van der Waals surface area contributed by atoms with Crippen molar-refractivity contribution in [3.8, 4) is 0 Å². The maximum Gasteiger partial charge on any atom is 0.212 e. The Hall–Kier alpha value is -3.08. The Balaban J connectivity index is 1.52. The van der Waals surface area contributed by atoms with Crippen LogP contribution in [0, 0.1) is 17.8 Å². The predicted molar refractivity (Wildman–Crippen MR) is 131 cm³/mol. The molecule has 0 bridgehead atoms. The van der Waals surface area contributed by atoms with E-state index in [0.29, 0.717) is 47.7 Å². The van der Waals surface area contributed by atoms with Gasteiger partial charge < -0.3 is 25.4 Å². The van der Waals surface area contributed by atoms with Crippen molar-refractivity contribution >= 4 is 28.8 Å². The molecule has 5 N–H and O–H groups in total. The van der Waals surface area contributed by atoms with Crippen LogP contribution in [0.4, 0.5) is 11.8 Å². The maximum atomic E-state index is 6.14. The van der Waals surface area contributed by atoms with E-state index in [1.807, 2.05) is 0 Å². The number of imidazole rings is 1. The summed E-state index contributed by atoms with van der Waals surface area (Å²) in [5.74, 6) is 16.6. The van der Waals surface area contributed by atoms with E-state index in [-0.39, 0.29) is 0 Å². The molecule has 2 aliphatic heterocycles. The minimum absolute atomic E-state index is 0.296. The van der Waals surface area contributed by atoms with Crippen molar-refractivity contribution in [2.45, 2.75) is 58.5 Å². The first-order valence-corrected chi connectivity index (χ1v) is 12.4. The lowest BCUT2D eigenvalue weighted by molar-refractivity contribution is 0.136. The van der Waals surface area contributed by atoms with E-state index < -0.39 is 0 Å². The number of ether oxygens (including phenoxy) is 1. The molecule has 2 aromatic heterocycles. The number of hydrazone groups is 1. The number of nitrogens with one attached hydrogen (secondary N) is 1. The lowest BCUT2D eigenvalue weighted by Gasteiger charge is -2.45. The molecule has 1 saturated carbocycles. The van der Waals surface area contributed by atoms with Crippen molar-refractivity contribution in [1.82, 2.24) is 24.5 Å². The first kappa shape index (κ1) is 21.5. The quantitative estimate of drug-likeness (QED) is 0.267. The molecule has 6 rings (SSSR count). The molecule has 0 spiro atoms. The molecular weight excluding hydrogens is 432 g/mol. The molecule has 34 heavy (non-hydrogen) atoms. The van der Waals surface area contributed by atoms with Crippen LogP contribution in [0.5, 0.6) is 0 Å². The summed E-state index contributed by atoms with van der Waals surface area (Å²) < 4.78 is 8.44. The average Bonchev–Trinajstić information content (AvgIpc) is 3.14. The molecule has 4 aliphatic rings. The third kappa shape index (κ3) is 3.20. The fourth-order valence-electron chi connectivity index (χ4n) is 5.90. The lowest BCUT2D eigenvalue weighted by Crippen LogP contribution is -2.45. The van der Waals surface area contributed by atoms with E-state index in [1.54, 1.807) is 7.05 Å². The first-order valence-electron chi connectivity index (χ1n) is 12.4. The second-order valence-corrected chi connectivity index (χ2v) is 10.2. The molecule has 0 amide bonds. The van der Waals surface area contributed by atoms with Crippen LogP contribution in [0.1, 0.15) is 51.8 Å². The molecule has 4 heterocycles. The van der Waals surface area contributed by atoms with Gasteiger partial charge >= 0.3 is 0 Å². The summed E-state index contributed by atoms with van der Waals surface area (Å²) in [6.07, 6.45) is 6.06. The predicted octanol–water partition coefficient (Wildman–Crippen LogP) is 1.96. The van der Waals surface area contributed by atoms with E-state index in [4.69, 9.17) is 31.4 Å². The number of aromatic nitrogens is 4. The van der Waals surface area contributed by atoms with Crippen LogP contribution < -0.4 is 21.9 Å². The van der Waals surface area contributed by atoms with Crippen LogP contribution in [-0.2, 0) is 11.3 Å². The van der Waals surface area contributed by atoms with Gasteiger partial charge in [0.2, 0.25) is 17.6 Å². The summed E-state index contributed by atoms with van der Waals surface area (Å²) in [6.45, 7) is 6.80. The van der Waals surface area contributed by atoms with Gasteiger partial charge in [0.15, 0.2) is 11.5 Å². The van der Waals surface area contributed by atoms with Gasteiger partial charge in [-0.15, -0.1) is 0 Å². The van der Waals surface area contributed by atoms with E-state index in [2.05, 4.69) is 33.7 Å². The Bertz CT molecular complexity index is 1180. The Morgan fingerprint density at radius 1 is 1.24 bits per heavy atom. The third-order valence-electron chi connectivity index (χ3n) is 8.00. The van der Waals surface area contributed by atoms with Gasteiger partial charge in [-0.3, -0.25) is 5.01 Å². The normalized spacial score (nSPS) is 25.4. The summed E-state index contributed by atoms with van der Waals surface area (Å²) in [6, 6.07) is 0.296. The SMILES string of the molecule is CC(Nc1nc(/C(=N/N)N(C)N)nc2nc3n(c12)CC1CC[C@@H](C)C2=C1N3CCO2)C1CCC1. The molecule has 0 saturated heterocycles. The topological polar surface area (TPSA) is 136 Å². The van der Waals surface area contributed by atoms with E-state index in [9.17, 15) is 0 Å². The van der Waals surface area contributed by atoms with Gasteiger partial charge in [-0.25, -0.2) is 15.8 Å². The molecule has 1 fully saturated rings. The Labute approximate surface area is 199 Å². The van der Waals surface area contributed by atoms with Crippen LogP contribution in [0.2, 0.25) is 0 Å². The first-order chi connectivity index (χ1) is 16.5. The summed E-state index contributed by atoms with van der Waals surface area (Å²) in [7, 11) is 1.68. The zero-order chi connectivity index (χ0) is 23.6. The van der Waals surface area contributed by atoms with Crippen LogP contribution in [-0.4, -0.2) is 56.6 Å². The van der Waals surface area contributed by atoms with Gasteiger partial charge in [0.05, 0.1) is 12.2 Å². The number of nitrogens with two attached hydrogens (primary N) is 2. The molecule has 3 atom stereocenters. The minimum atomic E-state index is 0.296. The summed E-state index contributed by atoms with van der Waals surface area (Å²) in [5, 5.41) is 8.87. The number of nitrogens with zero attached hydrogens (tertiary/aromatic N) is 7. The van der Waals surface area contributed by atoms with Crippen molar-refractivity contribution in [1.29, 1.82) is 0 Å². The number of hydrogen-bond donors (Lipinski definition) is 3. The lowest BCUT2D eigenvalue weighted by atomic mass is 9.80. The third-order valence-corrected chi connectivity index (χ3v) is 8.00. The average molecular weight is 467 g/mol. The van der Waals surface area contributed by atoms with Crippen molar-refractivity contribution < 1.29 is 4.74 Å². The van der Waals surface area contributed by atoms with Crippen molar-refractivity contribution in [2.24, 2.45) is 34.5 Å². The highest BCUT2D eigenvalue weighted by molar-refractivity contribution is 5.98. The Morgan fingerprint density at radius 2 is 2.06 bits per heavy atom. The van der Waals surface area contributed by atoms with E-state index in [0.717, 1.165) is 49.0 Å². The van der Waals surface area contributed by atoms with Gasteiger partial charge in [-0.1, -0.05) is 13.3 Å². The largest absolute Gasteiger partial charge is 0.494 e. The number of hydrogen-bond acceptors (Lipinski definition) is 9. The van der Waals surface area contributed by atoms with Crippen molar-refractivity contribution in [3.63, 3.8) is 0 Å². The number of rotatable bonds is 4. The van der Waals surface area contributed by atoms with Gasteiger partial charge in [0, 0.05) is 31.5 Å². The second-order valence-electron chi connectivity index (χ2n) is 10.2. The maximum absolute atomic E-state index is 6.14. The molecule has 182 valence electrons. The molecule has 2 aromatic rings. The van der Waals surface area contributed by atoms with Crippen molar-refractivity contribution in [2.75, 3.05) is 30.4 Å². The fraction of sp³-hybridized carbons (Fsp3) is 0.652. The molecule has 11 heteroatoms.